The molecule has 0 saturated heterocycles. The predicted molar refractivity (Wildman–Crippen MR) is 111 cm³/mol. The third kappa shape index (κ3) is 6.54. The van der Waals surface area contributed by atoms with Gasteiger partial charge in [0.15, 0.2) is 0 Å². The minimum Gasteiger partial charge on any atom is -0.352 e. The summed E-state index contributed by atoms with van der Waals surface area (Å²) in [4.78, 5) is 24.1. The van der Waals surface area contributed by atoms with E-state index in [-0.39, 0.29) is 23.3 Å². The molecule has 2 aromatic carbocycles. The van der Waals surface area contributed by atoms with Crippen molar-refractivity contribution in [3.05, 3.63) is 71.3 Å². The molecule has 0 radical (unpaired) electrons. The largest absolute Gasteiger partial charge is 0.352 e. The van der Waals surface area contributed by atoms with Crippen molar-refractivity contribution in [3.63, 3.8) is 0 Å². The highest BCUT2D eigenvalue weighted by atomic mass is 19.1. The number of carbonyl (C=O) groups is 2. The van der Waals surface area contributed by atoms with Crippen molar-refractivity contribution in [2.45, 2.75) is 32.2 Å². The van der Waals surface area contributed by atoms with Crippen molar-refractivity contribution < 1.29 is 18.4 Å². The van der Waals surface area contributed by atoms with E-state index in [2.05, 4.69) is 16.0 Å². The highest BCUT2D eigenvalue weighted by Crippen LogP contribution is 2.28. The number of rotatable bonds is 7. The van der Waals surface area contributed by atoms with E-state index in [1.807, 2.05) is 0 Å². The minimum absolute atomic E-state index is 0.0713. The lowest BCUT2D eigenvalue weighted by Crippen LogP contribution is -2.39. The lowest BCUT2D eigenvalue weighted by Gasteiger charge is -2.28. The van der Waals surface area contributed by atoms with E-state index in [0.29, 0.717) is 31.5 Å². The average molecular weight is 415 g/mol. The molecule has 7 heteroatoms. The zero-order valence-electron chi connectivity index (χ0n) is 16.8. The van der Waals surface area contributed by atoms with Crippen LogP contribution >= 0.6 is 0 Å². The molecule has 160 valence electrons. The van der Waals surface area contributed by atoms with Crippen LogP contribution in [0.2, 0.25) is 0 Å². The van der Waals surface area contributed by atoms with E-state index in [9.17, 15) is 18.4 Å². The van der Waals surface area contributed by atoms with Gasteiger partial charge in [0.1, 0.15) is 11.6 Å². The quantitative estimate of drug-likeness (QED) is 0.640. The lowest BCUT2D eigenvalue weighted by molar-refractivity contribution is 0.0937. The minimum atomic E-state index is -0.512. The fourth-order valence-electron chi connectivity index (χ4n) is 3.70. The predicted octanol–water partition coefficient (Wildman–Crippen LogP) is 4.00. The monoisotopic (exact) mass is 415 g/mol. The van der Waals surface area contributed by atoms with Crippen LogP contribution in [0.4, 0.5) is 13.6 Å². The van der Waals surface area contributed by atoms with Crippen LogP contribution < -0.4 is 16.0 Å². The lowest BCUT2D eigenvalue weighted by atomic mass is 9.82. The summed E-state index contributed by atoms with van der Waals surface area (Å²) in [5.74, 6) is -0.424. The Balaban J connectivity index is 1.30. The Hall–Kier alpha value is -2.96. The van der Waals surface area contributed by atoms with Crippen molar-refractivity contribution >= 4 is 11.9 Å². The molecule has 1 aliphatic rings. The number of hydrogen-bond donors (Lipinski definition) is 3. The number of halogens is 2. The summed E-state index contributed by atoms with van der Waals surface area (Å²) in [7, 11) is 0. The van der Waals surface area contributed by atoms with Crippen LogP contribution in [0.25, 0.3) is 0 Å². The van der Waals surface area contributed by atoms with Crippen LogP contribution in [0, 0.1) is 23.5 Å². The second-order valence-electron chi connectivity index (χ2n) is 7.77. The van der Waals surface area contributed by atoms with Gasteiger partial charge in [-0.2, -0.15) is 0 Å². The highest BCUT2D eigenvalue weighted by Gasteiger charge is 2.22. The third-order valence-corrected chi connectivity index (χ3v) is 5.55. The number of hydrogen-bond acceptors (Lipinski definition) is 2. The molecule has 0 aliphatic heterocycles. The molecule has 0 heterocycles. The summed E-state index contributed by atoms with van der Waals surface area (Å²) in [5.41, 5.74) is 0.909. The summed E-state index contributed by atoms with van der Waals surface area (Å²) >= 11 is 0. The standard InChI is InChI=1S/C23H27F2N3O2/c24-19-11-9-18(10-12-19)15-28-23(30)27-14-17-7-5-16(6-8-17)13-26-22(29)20-3-1-2-4-21(20)25/h1-4,9-12,16-17H,5-8,13-15H2,(H,26,29)(H2,27,28,30). The number of benzene rings is 2. The Kier molecular flexibility index (Phi) is 7.76. The fourth-order valence-corrected chi connectivity index (χ4v) is 3.70. The zero-order valence-corrected chi connectivity index (χ0v) is 16.8. The van der Waals surface area contributed by atoms with Crippen LogP contribution in [0.3, 0.4) is 0 Å². The number of nitrogens with one attached hydrogen (secondary N) is 3. The molecule has 5 nitrogen and oxygen atoms in total. The van der Waals surface area contributed by atoms with Gasteiger partial charge in [0, 0.05) is 19.6 Å². The molecule has 1 fully saturated rings. The zero-order chi connectivity index (χ0) is 21.3. The molecule has 1 saturated carbocycles. The molecular formula is C23H27F2N3O2. The molecule has 0 aromatic heterocycles. The molecule has 3 rings (SSSR count). The van der Waals surface area contributed by atoms with E-state index < -0.39 is 5.82 Å². The van der Waals surface area contributed by atoms with Gasteiger partial charge >= 0.3 is 6.03 Å². The molecule has 0 spiro atoms. The summed E-state index contributed by atoms with van der Waals surface area (Å²) < 4.78 is 26.5. The van der Waals surface area contributed by atoms with E-state index in [1.54, 1.807) is 24.3 Å². The fraction of sp³-hybridized carbons (Fsp3) is 0.391. The van der Waals surface area contributed by atoms with Gasteiger partial charge < -0.3 is 16.0 Å². The first kappa shape index (κ1) is 21.7. The van der Waals surface area contributed by atoms with Gasteiger partial charge in [-0.15, -0.1) is 0 Å². The third-order valence-electron chi connectivity index (χ3n) is 5.55. The second-order valence-corrected chi connectivity index (χ2v) is 7.77. The summed E-state index contributed by atoms with van der Waals surface area (Å²) in [6.07, 6.45) is 3.86. The first-order valence-corrected chi connectivity index (χ1v) is 10.3. The van der Waals surface area contributed by atoms with E-state index in [0.717, 1.165) is 31.2 Å². The Morgan fingerprint density at radius 2 is 1.40 bits per heavy atom. The first-order chi connectivity index (χ1) is 14.5. The van der Waals surface area contributed by atoms with Crippen LogP contribution in [0.5, 0.6) is 0 Å². The van der Waals surface area contributed by atoms with Crippen molar-refractivity contribution in [1.82, 2.24) is 16.0 Å². The normalized spacial score (nSPS) is 18.5. The van der Waals surface area contributed by atoms with Crippen molar-refractivity contribution in [2.24, 2.45) is 11.8 Å². The van der Waals surface area contributed by atoms with Gasteiger partial charge in [0.05, 0.1) is 5.56 Å². The van der Waals surface area contributed by atoms with Gasteiger partial charge in [0.2, 0.25) is 0 Å². The topological polar surface area (TPSA) is 70.2 Å². The van der Waals surface area contributed by atoms with Crippen LogP contribution in [-0.2, 0) is 6.54 Å². The van der Waals surface area contributed by atoms with Crippen LogP contribution in [0.15, 0.2) is 48.5 Å². The maximum Gasteiger partial charge on any atom is 0.315 e. The summed E-state index contributed by atoms with van der Waals surface area (Å²) in [6, 6.07) is 11.7. The number of amides is 3. The van der Waals surface area contributed by atoms with E-state index >= 15 is 0 Å². The van der Waals surface area contributed by atoms with Gasteiger partial charge in [-0.25, -0.2) is 13.6 Å². The molecule has 0 bridgehead atoms. The van der Waals surface area contributed by atoms with Crippen molar-refractivity contribution in [3.8, 4) is 0 Å². The second kappa shape index (κ2) is 10.7. The first-order valence-electron chi connectivity index (χ1n) is 10.3. The molecule has 0 atom stereocenters. The van der Waals surface area contributed by atoms with Gasteiger partial charge in [0.25, 0.3) is 5.91 Å². The Morgan fingerprint density at radius 3 is 2.03 bits per heavy atom. The smallest absolute Gasteiger partial charge is 0.315 e. The van der Waals surface area contributed by atoms with E-state index in [1.165, 1.54) is 24.3 Å². The highest BCUT2D eigenvalue weighted by molar-refractivity contribution is 5.94. The van der Waals surface area contributed by atoms with Crippen LogP contribution in [0.1, 0.15) is 41.6 Å². The number of urea groups is 1. The van der Waals surface area contributed by atoms with Gasteiger partial charge in [-0.3, -0.25) is 4.79 Å². The van der Waals surface area contributed by atoms with Crippen molar-refractivity contribution in [2.75, 3.05) is 13.1 Å². The summed E-state index contributed by atoms with van der Waals surface area (Å²) in [6.45, 7) is 1.48. The maximum atomic E-state index is 13.7. The molecule has 1 aliphatic carbocycles. The Morgan fingerprint density at radius 1 is 0.800 bits per heavy atom. The van der Waals surface area contributed by atoms with Gasteiger partial charge in [-0.05, 0) is 67.3 Å². The molecule has 3 amide bonds. The molecule has 2 aromatic rings. The Labute approximate surface area is 175 Å². The average Bonchev–Trinajstić information content (AvgIpc) is 2.76. The van der Waals surface area contributed by atoms with Crippen LogP contribution in [-0.4, -0.2) is 25.0 Å². The molecular weight excluding hydrogens is 388 g/mol. The Bertz CT molecular complexity index is 850. The molecule has 3 N–H and O–H groups in total. The van der Waals surface area contributed by atoms with Crippen molar-refractivity contribution in [1.29, 1.82) is 0 Å². The van der Waals surface area contributed by atoms with E-state index in [4.69, 9.17) is 0 Å². The summed E-state index contributed by atoms with van der Waals surface area (Å²) in [5, 5.41) is 8.49. The SMILES string of the molecule is O=C(NCc1ccc(F)cc1)NCC1CCC(CNC(=O)c2ccccc2F)CC1. The molecule has 30 heavy (non-hydrogen) atoms. The maximum absolute atomic E-state index is 13.7. The number of carbonyl (C=O) groups excluding carboxylic acids is 2. The molecule has 0 unspecified atom stereocenters. The van der Waals surface area contributed by atoms with Gasteiger partial charge in [-0.1, -0.05) is 24.3 Å².